The lowest BCUT2D eigenvalue weighted by atomic mass is 10.0. The molecule has 18 heavy (non-hydrogen) atoms. The Morgan fingerprint density at radius 3 is 2.50 bits per heavy atom. The minimum absolute atomic E-state index is 0.145. The first-order valence-corrected chi connectivity index (χ1v) is 6.78. The fraction of sp³-hybridized carbons (Fsp3) is 0.533. The summed E-state index contributed by atoms with van der Waals surface area (Å²) in [5.74, 6) is 1.46. The summed E-state index contributed by atoms with van der Waals surface area (Å²) < 4.78 is 5.36. The van der Waals surface area contributed by atoms with Crippen LogP contribution in [0.25, 0.3) is 0 Å². The molecule has 3 heteroatoms. The standard InChI is InChI=1S/C15H19NO2/c17-15(18-11-12-5-2-1-3-6-12)16-9-13-7-4-8-14(13)10-16/h1-3,5-6,13-14H,4,7-11H2/t13-,14-/m1/s1. The molecule has 2 atom stereocenters. The van der Waals surface area contributed by atoms with Gasteiger partial charge in [0.1, 0.15) is 6.61 Å². The van der Waals surface area contributed by atoms with E-state index in [0.29, 0.717) is 6.61 Å². The van der Waals surface area contributed by atoms with Crippen LogP contribution in [0, 0.1) is 11.8 Å². The third kappa shape index (κ3) is 2.35. The Labute approximate surface area is 108 Å². The van der Waals surface area contributed by atoms with Crippen LogP contribution in [-0.4, -0.2) is 24.1 Å². The quantitative estimate of drug-likeness (QED) is 0.801. The van der Waals surface area contributed by atoms with E-state index in [1.54, 1.807) is 0 Å². The Bertz CT molecular complexity index is 406. The molecule has 0 N–H and O–H groups in total. The summed E-state index contributed by atoms with van der Waals surface area (Å²) in [7, 11) is 0. The third-order valence-electron chi connectivity index (χ3n) is 4.19. The van der Waals surface area contributed by atoms with Gasteiger partial charge in [-0.3, -0.25) is 0 Å². The van der Waals surface area contributed by atoms with Crippen LogP contribution in [0.3, 0.4) is 0 Å². The van der Waals surface area contributed by atoms with Crippen LogP contribution in [0.2, 0.25) is 0 Å². The third-order valence-corrected chi connectivity index (χ3v) is 4.19. The van der Waals surface area contributed by atoms with Gasteiger partial charge in [-0.05, 0) is 30.2 Å². The number of hydrogen-bond donors (Lipinski definition) is 0. The first kappa shape index (κ1) is 11.6. The topological polar surface area (TPSA) is 29.5 Å². The molecule has 0 radical (unpaired) electrons. The van der Waals surface area contributed by atoms with Gasteiger partial charge in [0.2, 0.25) is 0 Å². The molecular formula is C15H19NO2. The van der Waals surface area contributed by atoms with Crippen LogP contribution in [0.5, 0.6) is 0 Å². The minimum Gasteiger partial charge on any atom is -0.445 e. The number of fused-ring (bicyclic) bond motifs is 1. The van der Waals surface area contributed by atoms with Crippen LogP contribution >= 0.6 is 0 Å². The lowest BCUT2D eigenvalue weighted by Crippen LogP contribution is -2.30. The van der Waals surface area contributed by atoms with Gasteiger partial charge in [0, 0.05) is 13.1 Å². The molecule has 1 saturated carbocycles. The number of benzene rings is 1. The predicted molar refractivity (Wildman–Crippen MR) is 69.0 cm³/mol. The van der Waals surface area contributed by atoms with Crippen LogP contribution < -0.4 is 0 Å². The number of hydrogen-bond acceptors (Lipinski definition) is 2. The number of ether oxygens (including phenoxy) is 1. The average Bonchev–Trinajstić information content (AvgIpc) is 2.98. The van der Waals surface area contributed by atoms with E-state index in [9.17, 15) is 4.79 Å². The van der Waals surface area contributed by atoms with Gasteiger partial charge in [-0.1, -0.05) is 36.8 Å². The highest BCUT2D eigenvalue weighted by Gasteiger charge is 2.38. The molecule has 1 aliphatic carbocycles. The van der Waals surface area contributed by atoms with Gasteiger partial charge < -0.3 is 9.64 Å². The Morgan fingerprint density at radius 2 is 1.83 bits per heavy atom. The van der Waals surface area contributed by atoms with Crippen molar-refractivity contribution in [3.05, 3.63) is 35.9 Å². The molecule has 1 saturated heterocycles. The molecule has 0 bridgehead atoms. The second-order valence-electron chi connectivity index (χ2n) is 5.40. The van der Waals surface area contributed by atoms with Crippen molar-refractivity contribution in [3.63, 3.8) is 0 Å². The van der Waals surface area contributed by atoms with Crippen LogP contribution in [0.15, 0.2) is 30.3 Å². The number of amides is 1. The maximum Gasteiger partial charge on any atom is 0.410 e. The maximum atomic E-state index is 12.0. The zero-order valence-electron chi connectivity index (χ0n) is 10.5. The summed E-state index contributed by atoms with van der Waals surface area (Å²) in [6.45, 7) is 2.18. The van der Waals surface area contributed by atoms with Crippen molar-refractivity contribution in [1.82, 2.24) is 4.90 Å². The van der Waals surface area contributed by atoms with Gasteiger partial charge >= 0.3 is 6.09 Å². The van der Waals surface area contributed by atoms with Gasteiger partial charge in [0.25, 0.3) is 0 Å². The van der Waals surface area contributed by atoms with E-state index in [0.717, 1.165) is 30.5 Å². The average molecular weight is 245 g/mol. The Balaban J connectivity index is 1.50. The molecule has 3 nitrogen and oxygen atoms in total. The van der Waals surface area contributed by atoms with Crippen molar-refractivity contribution in [3.8, 4) is 0 Å². The molecule has 2 aliphatic rings. The lowest BCUT2D eigenvalue weighted by Gasteiger charge is -2.17. The molecule has 1 aromatic rings. The number of likely N-dealkylation sites (tertiary alicyclic amines) is 1. The summed E-state index contributed by atoms with van der Waals surface area (Å²) in [5, 5.41) is 0. The highest BCUT2D eigenvalue weighted by molar-refractivity contribution is 5.68. The van der Waals surface area contributed by atoms with E-state index in [4.69, 9.17) is 4.74 Å². The zero-order valence-corrected chi connectivity index (χ0v) is 10.5. The molecule has 1 aliphatic heterocycles. The minimum atomic E-state index is -0.145. The highest BCUT2D eigenvalue weighted by atomic mass is 16.6. The van der Waals surface area contributed by atoms with Gasteiger partial charge in [0.15, 0.2) is 0 Å². The van der Waals surface area contributed by atoms with Crippen LogP contribution in [0.4, 0.5) is 4.79 Å². The molecule has 1 heterocycles. The predicted octanol–water partition coefficient (Wildman–Crippen LogP) is 3.06. The Kier molecular flexibility index (Phi) is 3.22. The number of carbonyl (C=O) groups is 1. The lowest BCUT2D eigenvalue weighted by molar-refractivity contribution is 0.102. The molecule has 2 fully saturated rings. The fourth-order valence-electron chi connectivity index (χ4n) is 3.19. The molecule has 1 aromatic carbocycles. The Morgan fingerprint density at radius 1 is 1.17 bits per heavy atom. The van der Waals surface area contributed by atoms with Crippen molar-refractivity contribution in [2.75, 3.05) is 13.1 Å². The molecule has 0 spiro atoms. The highest BCUT2D eigenvalue weighted by Crippen LogP contribution is 2.37. The monoisotopic (exact) mass is 245 g/mol. The molecule has 1 amide bonds. The molecule has 0 aromatic heterocycles. The van der Waals surface area contributed by atoms with E-state index in [-0.39, 0.29) is 6.09 Å². The number of carbonyl (C=O) groups excluding carboxylic acids is 1. The molecule has 0 unspecified atom stereocenters. The summed E-state index contributed by atoms with van der Waals surface area (Å²) in [6.07, 6.45) is 3.76. The van der Waals surface area contributed by atoms with Crippen molar-refractivity contribution in [2.24, 2.45) is 11.8 Å². The van der Waals surface area contributed by atoms with Crippen molar-refractivity contribution >= 4 is 6.09 Å². The molecule has 3 rings (SSSR count). The largest absolute Gasteiger partial charge is 0.445 e. The first-order valence-electron chi connectivity index (χ1n) is 6.78. The Hall–Kier alpha value is -1.51. The van der Waals surface area contributed by atoms with Gasteiger partial charge in [-0.15, -0.1) is 0 Å². The normalized spacial score (nSPS) is 26.1. The van der Waals surface area contributed by atoms with Crippen molar-refractivity contribution < 1.29 is 9.53 Å². The van der Waals surface area contributed by atoms with Crippen LogP contribution in [-0.2, 0) is 11.3 Å². The SMILES string of the molecule is O=C(OCc1ccccc1)N1C[C@H]2CCC[C@@H]2C1. The van der Waals surface area contributed by atoms with E-state index in [2.05, 4.69) is 0 Å². The van der Waals surface area contributed by atoms with E-state index in [1.165, 1.54) is 19.3 Å². The summed E-state index contributed by atoms with van der Waals surface area (Å²) in [5.41, 5.74) is 1.05. The van der Waals surface area contributed by atoms with Crippen molar-refractivity contribution in [2.45, 2.75) is 25.9 Å². The zero-order chi connectivity index (χ0) is 12.4. The second kappa shape index (κ2) is 5.01. The van der Waals surface area contributed by atoms with Crippen molar-refractivity contribution in [1.29, 1.82) is 0 Å². The second-order valence-corrected chi connectivity index (χ2v) is 5.40. The first-order chi connectivity index (χ1) is 8.83. The van der Waals surface area contributed by atoms with Gasteiger partial charge in [0.05, 0.1) is 0 Å². The fourth-order valence-corrected chi connectivity index (χ4v) is 3.19. The van der Waals surface area contributed by atoms with E-state index in [1.807, 2.05) is 35.2 Å². The molecule has 96 valence electrons. The smallest absolute Gasteiger partial charge is 0.410 e. The summed E-state index contributed by atoms with van der Waals surface area (Å²) >= 11 is 0. The van der Waals surface area contributed by atoms with E-state index >= 15 is 0 Å². The summed E-state index contributed by atoms with van der Waals surface area (Å²) in [4.78, 5) is 13.8. The number of nitrogens with zero attached hydrogens (tertiary/aromatic N) is 1. The number of rotatable bonds is 2. The summed E-state index contributed by atoms with van der Waals surface area (Å²) in [6, 6.07) is 9.85. The van der Waals surface area contributed by atoms with E-state index < -0.39 is 0 Å². The van der Waals surface area contributed by atoms with Gasteiger partial charge in [-0.2, -0.15) is 0 Å². The molecular weight excluding hydrogens is 226 g/mol. The van der Waals surface area contributed by atoms with Crippen LogP contribution in [0.1, 0.15) is 24.8 Å². The van der Waals surface area contributed by atoms with Gasteiger partial charge in [-0.25, -0.2) is 4.79 Å². The maximum absolute atomic E-state index is 12.0.